The van der Waals surface area contributed by atoms with Gasteiger partial charge in [0.25, 0.3) is 0 Å². The van der Waals surface area contributed by atoms with Crippen LogP contribution in [0.5, 0.6) is 5.75 Å². The van der Waals surface area contributed by atoms with Gasteiger partial charge in [0.2, 0.25) is 5.91 Å². The molecule has 0 bridgehead atoms. The van der Waals surface area contributed by atoms with Gasteiger partial charge in [-0.2, -0.15) is 0 Å². The van der Waals surface area contributed by atoms with Crippen LogP contribution in [0.15, 0.2) is 36.5 Å². The van der Waals surface area contributed by atoms with E-state index in [2.05, 4.69) is 57.1 Å². The number of phenolic OH excluding ortho intramolecular Hbond substituents is 1. The van der Waals surface area contributed by atoms with Gasteiger partial charge in [0.05, 0.1) is 6.54 Å². The van der Waals surface area contributed by atoms with Gasteiger partial charge in [0, 0.05) is 12.6 Å². The lowest BCUT2D eigenvalue weighted by Crippen LogP contribution is -2.24. The predicted molar refractivity (Wildman–Crippen MR) is 119 cm³/mol. The smallest absolute Gasteiger partial charge is 0.220 e. The number of aryl methyl sites for hydroxylation is 1. The van der Waals surface area contributed by atoms with Crippen molar-refractivity contribution < 1.29 is 9.90 Å². The van der Waals surface area contributed by atoms with E-state index in [1.165, 1.54) is 0 Å². The molecule has 0 unspecified atom stereocenters. The summed E-state index contributed by atoms with van der Waals surface area (Å²) in [5.74, 6) is 1.03. The molecule has 0 spiro atoms. The second-order valence-corrected chi connectivity index (χ2v) is 9.86. The second-order valence-electron chi connectivity index (χ2n) is 9.86. The van der Waals surface area contributed by atoms with Crippen molar-refractivity contribution in [3.8, 4) is 5.75 Å². The highest BCUT2D eigenvalue weighted by Crippen LogP contribution is 2.39. The molecule has 2 N–H and O–H groups in total. The zero-order chi connectivity index (χ0) is 22.1. The van der Waals surface area contributed by atoms with E-state index < -0.39 is 0 Å². The summed E-state index contributed by atoms with van der Waals surface area (Å²) in [5, 5.41) is 22.0. The quantitative estimate of drug-likeness (QED) is 0.660. The summed E-state index contributed by atoms with van der Waals surface area (Å²) in [5.41, 5.74) is 3.29. The first-order chi connectivity index (χ1) is 14.0. The van der Waals surface area contributed by atoms with Gasteiger partial charge in [-0.3, -0.25) is 9.20 Å². The minimum absolute atomic E-state index is 0.0367. The lowest BCUT2D eigenvalue weighted by molar-refractivity contribution is -0.121. The van der Waals surface area contributed by atoms with Gasteiger partial charge in [0.1, 0.15) is 5.75 Å². The van der Waals surface area contributed by atoms with E-state index in [1.54, 1.807) is 0 Å². The van der Waals surface area contributed by atoms with Crippen LogP contribution in [0.25, 0.3) is 5.65 Å². The zero-order valence-corrected chi connectivity index (χ0v) is 18.8. The molecule has 6 nitrogen and oxygen atoms in total. The van der Waals surface area contributed by atoms with Gasteiger partial charge in [-0.1, -0.05) is 59.7 Å². The lowest BCUT2D eigenvalue weighted by atomic mass is 9.78. The van der Waals surface area contributed by atoms with E-state index in [0.29, 0.717) is 31.0 Å². The fourth-order valence-electron chi connectivity index (χ4n) is 3.52. The third-order valence-electron chi connectivity index (χ3n) is 5.25. The topological polar surface area (TPSA) is 79.5 Å². The normalized spacial score (nSPS) is 12.3. The summed E-state index contributed by atoms with van der Waals surface area (Å²) < 4.78 is 1.87. The molecule has 0 aliphatic heterocycles. The van der Waals surface area contributed by atoms with E-state index >= 15 is 0 Å². The van der Waals surface area contributed by atoms with E-state index in [-0.39, 0.29) is 16.7 Å². The average Bonchev–Trinajstić information content (AvgIpc) is 3.07. The highest BCUT2D eigenvalue weighted by atomic mass is 16.3. The van der Waals surface area contributed by atoms with E-state index in [1.807, 2.05) is 40.9 Å². The van der Waals surface area contributed by atoms with E-state index in [9.17, 15) is 9.90 Å². The van der Waals surface area contributed by atoms with Crippen LogP contribution in [-0.4, -0.2) is 25.6 Å². The van der Waals surface area contributed by atoms with Gasteiger partial charge < -0.3 is 10.4 Å². The first kappa shape index (κ1) is 21.8. The van der Waals surface area contributed by atoms with Crippen LogP contribution in [0.3, 0.4) is 0 Å². The monoisotopic (exact) mass is 408 g/mol. The number of carbonyl (C=O) groups is 1. The Morgan fingerprint density at radius 1 is 1.03 bits per heavy atom. The largest absolute Gasteiger partial charge is 0.507 e. The number of phenols is 1. The van der Waals surface area contributed by atoms with Gasteiger partial charge in [-0.15, -0.1) is 10.2 Å². The molecular weight excluding hydrogens is 376 g/mol. The van der Waals surface area contributed by atoms with Crippen LogP contribution in [0, 0.1) is 0 Å². The molecule has 30 heavy (non-hydrogen) atoms. The van der Waals surface area contributed by atoms with Crippen LogP contribution >= 0.6 is 0 Å². The zero-order valence-electron chi connectivity index (χ0n) is 18.8. The number of fused-ring (bicyclic) bond motifs is 1. The van der Waals surface area contributed by atoms with E-state index in [4.69, 9.17) is 0 Å². The van der Waals surface area contributed by atoms with Crippen molar-refractivity contribution in [2.24, 2.45) is 0 Å². The van der Waals surface area contributed by atoms with Gasteiger partial charge in [-0.25, -0.2) is 0 Å². The molecule has 0 saturated heterocycles. The third-order valence-corrected chi connectivity index (χ3v) is 5.25. The Morgan fingerprint density at radius 2 is 1.67 bits per heavy atom. The number of benzene rings is 1. The molecule has 2 heterocycles. The molecule has 3 rings (SSSR count). The molecule has 160 valence electrons. The molecule has 0 aliphatic rings. The molecule has 0 saturated carbocycles. The Balaban J connectivity index is 1.71. The fraction of sp³-hybridized carbons (Fsp3) is 0.458. The van der Waals surface area contributed by atoms with Crippen molar-refractivity contribution in [2.75, 3.05) is 0 Å². The standard InChI is InChI=1S/C24H32N4O2/c1-23(2,3)17-13-16(14-18(22(17)30)24(4,5)6)10-11-21(29)25-15-20-27-26-19-9-7-8-12-28(19)20/h7-9,12-14,30H,10-11,15H2,1-6H3,(H,25,29). The first-order valence-electron chi connectivity index (χ1n) is 10.4. The van der Waals surface area contributed by atoms with Crippen molar-refractivity contribution in [3.63, 3.8) is 0 Å². The molecule has 0 radical (unpaired) electrons. The number of aromatic hydroxyl groups is 1. The maximum Gasteiger partial charge on any atom is 0.220 e. The van der Waals surface area contributed by atoms with Crippen molar-refractivity contribution in [1.29, 1.82) is 0 Å². The summed E-state index contributed by atoms with van der Waals surface area (Å²) in [7, 11) is 0. The van der Waals surface area contributed by atoms with E-state index in [0.717, 1.165) is 22.3 Å². The van der Waals surface area contributed by atoms with Gasteiger partial charge in [-0.05, 0) is 46.1 Å². The van der Waals surface area contributed by atoms with Crippen LogP contribution in [0.4, 0.5) is 0 Å². The highest BCUT2D eigenvalue weighted by Gasteiger charge is 2.26. The minimum Gasteiger partial charge on any atom is -0.507 e. The van der Waals surface area contributed by atoms with Crippen LogP contribution in [-0.2, 0) is 28.6 Å². The Bertz CT molecular complexity index is 1020. The van der Waals surface area contributed by atoms with Crippen molar-refractivity contribution in [2.45, 2.75) is 71.8 Å². The number of nitrogens with one attached hydrogen (secondary N) is 1. The highest BCUT2D eigenvalue weighted by molar-refractivity contribution is 5.76. The minimum atomic E-state index is -0.183. The molecule has 6 heteroatoms. The molecule has 3 aromatic rings. The number of hydrogen-bond donors (Lipinski definition) is 2. The number of amides is 1. The summed E-state index contributed by atoms with van der Waals surface area (Å²) in [6, 6.07) is 9.75. The number of carbonyl (C=O) groups excluding carboxylic acids is 1. The molecule has 0 fully saturated rings. The Hall–Kier alpha value is -2.89. The molecule has 0 atom stereocenters. The molecular formula is C24H32N4O2. The average molecular weight is 409 g/mol. The second kappa shape index (κ2) is 8.09. The number of rotatable bonds is 5. The molecule has 0 aliphatic carbocycles. The maximum atomic E-state index is 12.5. The molecule has 1 aromatic carbocycles. The molecule has 2 aromatic heterocycles. The summed E-state index contributed by atoms with van der Waals surface area (Å²) >= 11 is 0. The molecule has 1 amide bonds. The Kier molecular flexibility index (Phi) is 5.88. The van der Waals surface area contributed by atoms with Crippen LogP contribution < -0.4 is 5.32 Å². The van der Waals surface area contributed by atoms with Crippen molar-refractivity contribution in [1.82, 2.24) is 19.9 Å². The maximum absolute atomic E-state index is 12.5. The van der Waals surface area contributed by atoms with Crippen LogP contribution in [0.2, 0.25) is 0 Å². The van der Waals surface area contributed by atoms with Gasteiger partial charge >= 0.3 is 0 Å². The SMILES string of the molecule is CC(C)(C)c1cc(CCC(=O)NCc2nnc3ccccn23)cc(C(C)(C)C)c1O. The Labute approximate surface area is 178 Å². The fourth-order valence-corrected chi connectivity index (χ4v) is 3.52. The number of pyridine rings is 1. The predicted octanol–water partition coefficient (Wildman–Crippen LogP) is 4.28. The van der Waals surface area contributed by atoms with Crippen molar-refractivity contribution >= 4 is 11.6 Å². The number of nitrogens with zero attached hydrogens (tertiary/aromatic N) is 3. The Morgan fingerprint density at radius 3 is 2.27 bits per heavy atom. The summed E-state index contributed by atoms with van der Waals surface area (Å²) in [6.07, 6.45) is 2.86. The number of hydrogen-bond acceptors (Lipinski definition) is 4. The van der Waals surface area contributed by atoms with Crippen molar-refractivity contribution in [3.05, 3.63) is 59.0 Å². The summed E-state index contributed by atoms with van der Waals surface area (Å²) in [4.78, 5) is 12.5. The summed E-state index contributed by atoms with van der Waals surface area (Å²) in [6.45, 7) is 12.9. The van der Waals surface area contributed by atoms with Crippen LogP contribution in [0.1, 0.15) is 70.5 Å². The lowest BCUT2D eigenvalue weighted by Gasteiger charge is -2.28. The first-order valence-corrected chi connectivity index (χ1v) is 10.4. The third kappa shape index (κ3) is 4.81. The number of aromatic nitrogens is 3. The van der Waals surface area contributed by atoms with Gasteiger partial charge in [0.15, 0.2) is 11.5 Å².